The maximum atomic E-state index is 8.98. The van der Waals surface area contributed by atoms with Crippen LogP contribution >= 0.6 is 0 Å². The van der Waals surface area contributed by atoms with Crippen LogP contribution < -0.4 is 14.9 Å². The fourth-order valence-corrected chi connectivity index (χ4v) is 1.10. The average Bonchev–Trinajstić information content (AvgIpc) is 2.18. The predicted molar refractivity (Wildman–Crippen MR) is 51.4 cm³/mol. The highest BCUT2D eigenvalue weighted by Gasteiger charge is 2.19. The Bertz CT molecular complexity index is 304. The van der Waals surface area contributed by atoms with Crippen LogP contribution in [0.15, 0.2) is 18.2 Å². The molecule has 14 heavy (non-hydrogen) atoms. The highest BCUT2D eigenvalue weighted by Crippen LogP contribution is 2.23. The molecule has 5 nitrogen and oxygen atoms in total. The van der Waals surface area contributed by atoms with E-state index in [9.17, 15) is 0 Å². The molecule has 0 heterocycles. The summed E-state index contributed by atoms with van der Waals surface area (Å²) in [4.78, 5) is 0. The molecule has 73 valence electrons. The van der Waals surface area contributed by atoms with Crippen molar-refractivity contribution in [2.75, 3.05) is 7.11 Å². The van der Waals surface area contributed by atoms with E-state index in [0.717, 1.165) is 0 Å². The molecule has 1 aromatic rings. The smallest absolute Gasteiger partial charge is 0.535 e. The van der Waals surface area contributed by atoms with Crippen molar-refractivity contribution in [1.82, 2.24) is 0 Å². The van der Waals surface area contributed by atoms with Gasteiger partial charge in [0.1, 0.15) is 5.75 Å². The van der Waals surface area contributed by atoms with Crippen LogP contribution in [-0.4, -0.2) is 37.0 Å². The minimum absolute atomic E-state index is 0.173. The van der Waals surface area contributed by atoms with E-state index in [-0.39, 0.29) is 17.0 Å². The van der Waals surface area contributed by atoms with E-state index in [1.54, 1.807) is 6.07 Å². The monoisotopic (exact) mass is 195 g/mol. The first kappa shape index (κ1) is 10.9. The van der Waals surface area contributed by atoms with Crippen LogP contribution in [0.3, 0.4) is 0 Å². The highest BCUT2D eigenvalue weighted by molar-refractivity contribution is 6.59. The Labute approximate surface area is 82.4 Å². The van der Waals surface area contributed by atoms with Crippen LogP contribution in [0.4, 0.5) is 0 Å². The molecule has 1 aromatic carbocycles. The first-order chi connectivity index (χ1) is 6.70. The van der Waals surface area contributed by atoms with Crippen molar-refractivity contribution in [2.24, 2.45) is 0 Å². The fraction of sp³-hybridized carbons (Fsp3) is 0.143. The molecule has 1 rings (SSSR count). The topological polar surface area (TPSA) is 79.2 Å². The maximum Gasteiger partial charge on any atom is 0.569 e. The van der Waals surface area contributed by atoms with E-state index in [1.165, 1.54) is 19.2 Å². The summed E-state index contributed by atoms with van der Waals surface area (Å²) in [5.74, 6) is 0.383. The second-order valence-electron chi connectivity index (χ2n) is 2.48. The molecule has 1 radical (unpaired) electrons. The van der Waals surface area contributed by atoms with Crippen molar-refractivity contribution in [3.05, 3.63) is 18.2 Å². The third kappa shape index (κ3) is 2.20. The predicted octanol–water partition coefficient (Wildman–Crippen LogP) is -1.72. The van der Waals surface area contributed by atoms with Gasteiger partial charge in [-0.05, 0) is 6.07 Å². The van der Waals surface area contributed by atoms with E-state index in [1.807, 2.05) is 0 Å². The van der Waals surface area contributed by atoms with E-state index < -0.39 is 7.12 Å². The Morgan fingerprint density at radius 2 is 2.07 bits per heavy atom. The minimum atomic E-state index is -1.65. The maximum absolute atomic E-state index is 8.98. The molecule has 0 spiro atoms. The van der Waals surface area contributed by atoms with Crippen LogP contribution in [0.2, 0.25) is 0 Å². The summed E-state index contributed by atoms with van der Waals surface area (Å²) >= 11 is 0. The summed E-state index contributed by atoms with van der Waals surface area (Å²) in [6, 6.07) is 4.56. The van der Waals surface area contributed by atoms with Crippen LogP contribution in [0.25, 0.3) is 0 Å². The van der Waals surface area contributed by atoms with Gasteiger partial charge in [0.15, 0.2) is 5.75 Å². The van der Waals surface area contributed by atoms with Gasteiger partial charge >= 0.3 is 14.8 Å². The van der Waals surface area contributed by atoms with Crippen LogP contribution in [0, 0.1) is 0 Å². The van der Waals surface area contributed by atoms with Gasteiger partial charge in [-0.3, -0.25) is 0 Å². The molecule has 0 atom stereocenters. The first-order valence-corrected chi connectivity index (χ1v) is 3.86. The number of ether oxygens (including phenoxy) is 1. The normalized spacial score (nSPS) is 9.43. The largest absolute Gasteiger partial charge is 0.569 e. The van der Waals surface area contributed by atoms with Crippen molar-refractivity contribution >= 4 is 20.3 Å². The zero-order chi connectivity index (χ0) is 10.6. The lowest BCUT2D eigenvalue weighted by atomic mass is 9.79. The number of para-hydroxylation sites is 1. The standard InChI is InChI=1S/C7H9B2O5/c1-13-7-5(9(11)12)3-2-4-6(7)14-8-10/h2-4,10-12H,1H3. The van der Waals surface area contributed by atoms with Gasteiger partial charge in [-0.1, -0.05) is 12.1 Å². The van der Waals surface area contributed by atoms with Crippen LogP contribution in [-0.2, 0) is 0 Å². The average molecular weight is 195 g/mol. The van der Waals surface area contributed by atoms with Crippen LogP contribution in [0.5, 0.6) is 11.5 Å². The molecule has 3 N–H and O–H groups in total. The van der Waals surface area contributed by atoms with E-state index in [2.05, 4.69) is 0 Å². The van der Waals surface area contributed by atoms with E-state index >= 15 is 0 Å². The van der Waals surface area contributed by atoms with Crippen molar-refractivity contribution in [3.63, 3.8) is 0 Å². The Kier molecular flexibility index (Phi) is 3.82. The highest BCUT2D eigenvalue weighted by atomic mass is 16.5. The third-order valence-electron chi connectivity index (χ3n) is 1.67. The van der Waals surface area contributed by atoms with Crippen molar-refractivity contribution in [1.29, 1.82) is 0 Å². The van der Waals surface area contributed by atoms with Gasteiger partial charge in [-0.15, -0.1) is 0 Å². The second kappa shape index (κ2) is 4.90. The zero-order valence-corrected chi connectivity index (χ0v) is 7.54. The molecule has 0 saturated carbocycles. The zero-order valence-electron chi connectivity index (χ0n) is 7.54. The minimum Gasteiger partial charge on any atom is -0.535 e. The quantitative estimate of drug-likeness (QED) is 0.498. The van der Waals surface area contributed by atoms with Crippen molar-refractivity contribution in [3.8, 4) is 11.5 Å². The Morgan fingerprint density at radius 1 is 1.36 bits per heavy atom. The fourth-order valence-electron chi connectivity index (χ4n) is 1.10. The lowest BCUT2D eigenvalue weighted by molar-refractivity contribution is 0.378. The van der Waals surface area contributed by atoms with Crippen molar-refractivity contribution < 1.29 is 24.5 Å². The van der Waals surface area contributed by atoms with Gasteiger partial charge in [-0.25, -0.2) is 0 Å². The molecule has 0 aliphatic heterocycles. The lowest BCUT2D eigenvalue weighted by Gasteiger charge is -2.12. The molecule has 0 aliphatic rings. The summed E-state index contributed by atoms with van der Waals surface area (Å²) in [6.07, 6.45) is 0. The molecular formula is C7H9B2O5. The molecule has 0 aliphatic carbocycles. The second-order valence-corrected chi connectivity index (χ2v) is 2.48. The summed E-state index contributed by atoms with van der Waals surface area (Å²) < 4.78 is 9.62. The third-order valence-corrected chi connectivity index (χ3v) is 1.67. The summed E-state index contributed by atoms with van der Waals surface area (Å²) in [5.41, 5.74) is 0.173. The molecular weight excluding hydrogens is 186 g/mol. The van der Waals surface area contributed by atoms with E-state index in [4.69, 9.17) is 24.5 Å². The van der Waals surface area contributed by atoms with Gasteiger partial charge in [0.25, 0.3) is 0 Å². The van der Waals surface area contributed by atoms with Gasteiger partial charge < -0.3 is 24.5 Å². The van der Waals surface area contributed by atoms with Gasteiger partial charge in [0.2, 0.25) is 0 Å². The number of benzene rings is 1. The van der Waals surface area contributed by atoms with E-state index in [0.29, 0.717) is 7.69 Å². The Morgan fingerprint density at radius 3 is 2.57 bits per heavy atom. The molecule has 0 fully saturated rings. The lowest BCUT2D eigenvalue weighted by Crippen LogP contribution is -2.31. The molecule has 0 bridgehead atoms. The molecule has 0 saturated heterocycles. The molecule has 0 unspecified atom stereocenters. The Balaban J connectivity index is 3.11. The SMILES string of the molecule is COc1c(O[B]O)cccc1B(O)O. The van der Waals surface area contributed by atoms with Crippen LogP contribution in [0.1, 0.15) is 0 Å². The van der Waals surface area contributed by atoms with Crippen molar-refractivity contribution in [2.45, 2.75) is 0 Å². The van der Waals surface area contributed by atoms with Gasteiger partial charge in [0, 0.05) is 5.46 Å². The molecule has 0 amide bonds. The number of hydrogen-bond donors (Lipinski definition) is 3. The summed E-state index contributed by atoms with van der Waals surface area (Å²) in [7, 11) is 0.212. The summed E-state index contributed by atoms with van der Waals surface area (Å²) in [6.45, 7) is 0. The molecule has 0 aromatic heterocycles. The number of hydrogen-bond acceptors (Lipinski definition) is 5. The first-order valence-electron chi connectivity index (χ1n) is 3.86. The molecule has 7 heteroatoms. The van der Waals surface area contributed by atoms with Gasteiger partial charge in [0.05, 0.1) is 7.11 Å². The summed E-state index contributed by atoms with van der Waals surface area (Å²) in [5, 5.41) is 26.4. The van der Waals surface area contributed by atoms with Gasteiger partial charge in [-0.2, -0.15) is 0 Å². The Hall–Kier alpha value is -1.17. The number of rotatable bonds is 4. The number of methoxy groups -OCH3 is 1.